The zero-order valence-electron chi connectivity index (χ0n) is 10.4. The molecule has 1 aliphatic rings. The second-order valence-corrected chi connectivity index (χ2v) is 5.25. The number of nitrogens with zero attached hydrogens (tertiary/aromatic N) is 2. The molecule has 0 aromatic carbocycles. The smallest absolute Gasteiger partial charge is 0.116 e. The molecular formula is C12H23N3. The molecule has 0 aliphatic heterocycles. The van der Waals surface area contributed by atoms with Gasteiger partial charge < -0.3 is 5.32 Å². The summed E-state index contributed by atoms with van der Waals surface area (Å²) in [7, 11) is 1.86. The number of nitriles is 1. The lowest BCUT2D eigenvalue weighted by molar-refractivity contribution is 0.195. The molecule has 0 amide bonds. The Balaban J connectivity index is 2.54. The van der Waals surface area contributed by atoms with E-state index in [1.54, 1.807) is 0 Å². The molecule has 0 radical (unpaired) electrons. The largest absolute Gasteiger partial charge is 0.302 e. The van der Waals surface area contributed by atoms with Crippen LogP contribution in [0.2, 0.25) is 0 Å². The SMILES string of the molecule is CNC(C)(C#N)CN(CC(C)C)C1CC1. The van der Waals surface area contributed by atoms with Crippen molar-refractivity contribution in [1.82, 2.24) is 10.2 Å². The van der Waals surface area contributed by atoms with Gasteiger partial charge in [-0.3, -0.25) is 4.90 Å². The molecule has 1 rings (SSSR count). The minimum atomic E-state index is -0.405. The third kappa shape index (κ3) is 3.81. The Bertz CT molecular complexity index is 240. The van der Waals surface area contributed by atoms with Crippen molar-refractivity contribution in [3.05, 3.63) is 0 Å². The van der Waals surface area contributed by atoms with E-state index in [9.17, 15) is 0 Å². The summed E-state index contributed by atoms with van der Waals surface area (Å²) in [5, 5.41) is 12.2. The van der Waals surface area contributed by atoms with Crippen LogP contribution < -0.4 is 5.32 Å². The standard InChI is InChI=1S/C12H23N3/c1-10(2)7-15(11-5-6-11)9-12(3,8-13)14-4/h10-11,14H,5-7,9H2,1-4H3. The van der Waals surface area contributed by atoms with E-state index in [0.717, 1.165) is 19.1 Å². The second-order valence-electron chi connectivity index (χ2n) is 5.25. The van der Waals surface area contributed by atoms with E-state index >= 15 is 0 Å². The van der Waals surface area contributed by atoms with Crippen molar-refractivity contribution in [2.45, 2.75) is 45.2 Å². The Morgan fingerprint density at radius 3 is 2.47 bits per heavy atom. The summed E-state index contributed by atoms with van der Waals surface area (Å²) in [4.78, 5) is 2.46. The van der Waals surface area contributed by atoms with Crippen molar-refractivity contribution >= 4 is 0 Å². The van der Waals surface area contributed by atoms with Gasteiger partial charge in [-0.15, -0.1) is 0 Å². The summed E-state index contributed by atoms with van der Waals surface area (Å²) in [6, 6.07) is 3.09. The summed E-state index contributed by atoms with van der Waals surface area (Å²) in [6.45, 7) is 8.38. The van der Waals surface area contributed by atoms with Crippen LogP contribution in [-0.2, 0) is 0 Å². The quantitative estimate of drug-likeness (QED) is 0.722. The van der Waals surface area contributed by atoms with Gasteiger partial charge in [0.2, 0.25) is 0 Å². The molecule has 0 bridgehead atoms. The minimum Gasteiger partial charge on any atom is -0.302 e. The van der Waals surface area contributed by atoms with E-state index in [2.05, 4.69) is 30.1 Å². The van der Waals surface area contributed by atoms with Gasteiger partial charge in [-0.1, -0.05) is 13.8 Å². The minimum absolute atomic E-state index is 0.405. The van der Waals surface area contributed by atoms with Gasteiger partial charge in [-0.25, -0.2) is 0 Å². The second kappa shape index (κ2) is 4.96. The van der Waals surface area contributed by atoms with Crippen LogP contribution in [0, 0.1) is 17.2 Å². The number of nitrogens with one attached hydrogen (secondary N) is 1. The van der Waals surface area contributed by atoms with E-state index in [1.807, 2.05) is 14.0 Å². The predicted octanol–water partition coefficient (Wildman–Crippen LogP) is 1.61. The van der Waals surface area contributed by atoms with Gasteiger partial charge in [0, 0.05) is 19.1 Å². The van der Waals surface area contributed by atoms with Gasteiger partial charge in [0.15, 0.2) is 0 Å². The lowest BCUT2D eigenvalue weighted by Crippen LogP contribution is -2.50. The fourth-order valence-electron chi connectivity index (χ4n) is 1.83. The number of hydrogen-bond acceptors (Lipinski definition) is 3. The predicted molar refractivity (Wildman–Crippen MR) is 62.5 cm³/mol. The summed E-state index contributed by atoms with van der Waals surface area (Å²) in [5.74, 6) is 0.672. The molecule has 0 saturated heterocycles. The molecule has 3 nitrogen and oxygen atoms in total. The van der Waals surface area contributed by atoms with E-state index in [1.165, 1.54) is 12.8 Å². The van der Waals surface area contributed by atoms with Gasteiger partial charge in [0.25, 0.3) is 0 Å². The molecule has 1 fully saturated rings. The van der Waals surface area contributed by atoms with Crippen molar-refractivity contribution in [2.75, 3.05) is 20.1 Å². The first-order valence-electron chi connectivity index (χ1n) is 5.85. The van der Waals surface area contributed by atoms with Gasteiger partial charge >= 0.3 is 0 Å². The van der Waals surface area contributed by atoms with Crippen LogP contribution in [0.15, 0.2) is 0 Å². The molecule has 1 unspecified atom stereocenters. The summed E-state index contributed by atoms with van der Waals surface area (Å²) < 4.78 is 0. The van der Waals surface area contributed by atoms with Crippen LogP contribution in [0.25, 0.3) is 0 Å². The molecule has 1 saturated carbocycles. The van der Waals surface area contributed by atoms with Crippen molar-refractivity contribution in [2.24, 2.45) is 5.92 Å². The highest BCUT2D eigenvalue weighted by Gasteiger charge is 2.34. The Morgan fingerprint density at radius 2 is 2.13 bits per heavy atom. The summed E-state index contributed by atoms with van der Waals surface area (Å²) in [5.41, 5.74) is -0.405. The molecular weight excluding hydrogens is 186 g/mol. The first kappa shape index (κ1) is 12.5. The molecule has 15 heavy (non-hydrogen) atoms. The molecule has 1 atom stereocenters. The monoisotopic (exact) mass is 209 g/mol. The number of hydrogen-bond donors (Lipinski definition) is 1. The van der Waals surface area contributed by atoms with Crippen molar-refractivity contribution in [1.29, 1.82) is 5.26 Å². The van der Waals surface area contributed by atoms with Crippen LogP contribution >= 0.6 is 0 Å². The van der Waals surface area contributed by atoms with Crippen molar-refractivity contribution < 1.29 is 0 Å². The van der Waals surface area contributed by atoms with E-state index in [0.29, 0.717) is 5.92 Å². The zero-order valence-corrected chi connectivity index (χ0v) is 10.4. The topological polar surface area (TPSA) is 39.1 Å². The van der Waals surface area contributed by atoms with Crippen molar-refractivity contribution in [3.8, 4) is 6.07 Å². The molecule has 1 aliphatic carbocycles. The van der Waals surface area contributed by atoms with E-state index in [-0.39, 0.29) is 0 Å². The average Bonchev–Trinajstić information content (AvgIpc) is 2.99. The average molecular weight is 209 g/mol. The fraction of sp³-hybridized carbons (Fsp3) is 0.917. The lowest BCUT2D eigenvalue weighted by Gasteiger charge is -2.31. The lowest BCUT2D eigenvalue weighted by atomic mass is 10.0. The molecule has 0 aromatic rings. The third-order valence-electron chi connectivity index (χ3n) is 2.98. The third-order valence-corrected chi connectivity index (χ3v) is 2.98. The molecule has 86 valence electrons. The molecule has 1 N–H and O–H groups in total. The summed E-state index contributed by atoms with van der Waals surface area (Å²) in [6.07, 6.45) is 2.61. The Hall–Kier alpha value is -0.590. The number of likely N-dealkylation sites (N-methyl/N-ethyl adjacent to an activating group) is 1. The van der Waals surface area contributed by atoms with Gasteiger partial charge in [0.1, 0.15) is 5.54 Å². The normalized spacial score (nSPS) is 20.3. The van der Waals surface area contributed by atoms with Gasteiger partial charge in [-0.05, 0) is 32.7 Å². The zero-order chi connectivity index (χ0) is 11.5. The highest BCUT2D eigenvalue weighted by Crippen LogP contribution is 2.28. The first-order chi connectivity index (χ1) is 7.00. The Morgan fingerprint density at radius 1 is 1.53 bits per heavy atom. The maximum absolute atomic E-state index is 9.13. The fourth-order valence-corrected chi connectivity index (χ4v) is 1.83. The Labute approximate surface area is 93.5 Å². The van der Waals surface area contributed by atoms with Crippen LogP contribution in [0.3, 0.4) is 0 Å². The highest BCUT2D eigenvalue weighted by atomic mass is 15.2. The van der Waals surface area contributed by atoms with Gasteiger partial charge in [-0.2, -0.15) is 5.26 Å². The maximum Gasteiger partial charge on any atom is 0.116 e. The molecule has 0 spiro atoms. The highest BCUT2D eigenvalue weighted by molar-refractivity contribution is 5.06. The summed E-state index contributed by atoms with van der Waals surface area (Å²) >= 11 is 0. The number of rotatable bonds is 6. The Kier molecular flexibility index (Phi) is 4.12. The van der Waals surface area contributed by atoms with E-state index in [4.69, 9.17) is 5.26 Å². The molecule has 0 heterocycles. The first-order valence-corrected chi connectivity index (χ1v) is 5.85. The van der Waals surface area contributed by atoms with Gasteiger partial charge in [0.05, 0.1) is 6.07 Å². The van der Waals surface area contributed by atoms with Crippen LogP contribution in [-0.4, -0.2) is 36.6 Å². The van der Waals surface area contributed by atoms with Crippen LogP contribution in [0.1, 0.15) is 33.6 Å². The van der Waals surface area contributed by atoms with Crippen LogP contribution in [0.4, 0.5) is 0 Å². The van der Waals surface area contributed by atoms with Crippen LogP contribution in [0.5, 0.6) is 0 Å². The maximum atomic E-state index is 9.13. The van der Waals surface area contributed by atoms with E-state index < -0.39 is 5.54 Å². The molecule has 0 aromatic heterocycles. The van der Waals surface area contributed by atoms with Crippen molar-refractivity contribution in [3.63, 3.8) is 0 Å². The molecule has 3 heteroatoms.